The topological polar surface area (TPSA) is 71.5 Å². The van der Waals surface area contributed by atoms with E-state index >= 15 is 0 Å². The third-order valence-electron chi connectivity index (χ3n) is 3.45. The van der Waals surface area contributed by atoms with Gasteiger partial charge in [-0.25, -0.2) is 14.2 Å². The standard InChI is InChI=1S/C16H18BrFN2O3S/c1-4-16(2,3)23-15(22)20-14-19-13(17)12(24-14)11(21)9-6-5-7-10(18)8-9/h5-8,11,21H,4H2,1-3H3,(H,19,20,22). The summed E-state index contributed by atoms with van der Waals surface area (Å²) < 4.78 is 19.0. The van der Waals surface area contributed by atoms with Crippen molar-refractivity contribution in [3.05, 3.63) is 45.1 Å². The van der Waals surface area contributed by atoms with Crippen molar-refractivity contribution in [1.29, 1.82) is 0 Å². The van der Waals surface area contributed by atoms with Gasteiger partial charge in [0, 0.05) is 0 Å². The number of rotatable bonds is 5. The van der Waals surface area contributed by atoms with Crippen LogP contribution in [-0.4, -0.2) is 21.8 Å². The number of carbonyl (C=O) groups excluding carboxylic acids is 1. The van der Waals surface area contributed by atoms with E-state index in [2.05, 4.69) is 26.2 Å². The van der Waals surface area contributed by atoms with Gasteiger partial charge in [0.05, 0.1) is 4.88 Å². The highest BCUT2D eigenvalue weighted by molar-refractivity contribution is 9.10. The van der Waals surface area contributed by atoms with Crippen molar-refractivity contribution < 1.29 is 19.0 Å². The highest BCUT2D eigenvalue weighted by atomic mass is 79.9. The number of ether oxygens (including phenoxy) is 1. The Morgan fingerprint density at radius 2 is 2.25 bits per heavy atom. The summed E-state index contributed by atoms with van der Waals surface area (Å²) in [4.78, 5) is 16.5. The first-order valence-electron chi connectivity index (χ1n) is 7.31. The molecule has 1 amide bonds. The average Bonchev–Trinajstić information content (AvgIpc) is 2.86. The van der Waals surface area contributed by atoms with Crippen LogP contribution in [0.5, 0.6) is 0 Å². The number of anilines is 1. The largest absolute Gasteiger partial charge is 0.443 e. The van der Waals surface area contributed by atoms with Gasteiger partial charge in [-0.15, -0.1) is 0 Å². The molecule has 1 aromatic carbocycles. The molecule has 5 nitrogen and oxygen atoms in total. The molecule has 130 valence electrons. The summed E-state index contributed by atoms with van der Waals surface area (Å²) >= 11 is 4.34. The van der Waals surface area contributed by atoms with Crippen molar-refractivity contribution in [1.82, 2.24) is 4.98 Å². The summed E-state index contributed by atoms with van der Waals surface area (Å²) in [6.07, 6.45) is -0.993. The summed E-state index contributed by atoms with van der Waals surface area (Å²) in [6.45, 7) is 5.54. The zero-order chi connectivity index (χ0) is 17.9. The van der Waals surface area contributed by atoms with E-state index < -0.39 is 23.6 Å². The van der Waals surface area contributed by atoms with Crippen LogP contribution in [0.25, 0.3) is 0 Å². The van der Waals surface area contributed by atoms with Crippen LogP contribution in [0.2, 0.25) is 0 Å². The molecule has 0 saturated carbocycles. The molecule has 1 heterocycles. The quantitative estimate of drug-likeness (QED) is 0.729. The maximum absolute atomic E-state index is 13.3. The maximum atomic E-state index is 13.3. The first-order valence-corrected chi connectivity index (χ1v) is 8.92. The fourth-order valence-electron chi connectivity index (χ4n) is 1.80. The second kappa shape index (κ2) is 7.58. The number of nitrogens with one attached hydrogen (secondary N) is 1. The molecule has 2 aromatic rings. The molecule has 0 fully saturated rings. The number of thiazole rings is 1. The van der Waals surface area contributed by atoms with Crippen LogP contribution in [0, 0.1) is 5.82 Å². The molecule has 0 spiro atoms. The molecule has 1 unspecified atom stereocenters. The van der Waals surface area contributed by atoms with E-state index in [-0.39, 0.29) is 5.13 Å². The summed E-state index contributed by atoms with van der Waals surface area (Å²) in [5.41, 5.74) is -0.178. The Kier molecular flexibility index (Phi) is 5.95. The number of hydrogen-bond donors (Lipinski definition) is 2. The molecule has 24 heavy (non-hydrogen) atoms. The number of carbonyl (C=O) groups is 1. The molecule has 2 N–H and O–H groups in total. The van der Waals surface area contributed by atoms with Crippen molar-refractivity contribution in [2.24, 2.45) is 0 Å². The Hall–Kier alpha value is -1.51. The summed E-state index contributed by atoms with van der Waals surface area (Å²) in [7, 11) is 0. The van der Waals surface area contributed by atoms with Crippen LogP contribution in [0.1, 0.15) is 43.7 Å². The monoisotopic (exact) mass is 416 g/mol. The van der Waals surface area contributed by atoms with Crippen molar-refractivity contribution in [3.8, 4) is 0 Å². The van der Waals surface area contributed by atoms with Crippen molar-refractivity contribution in [2.45, 2.75) is 38.9 Å². The van der Waals surface area contributed by atoms with Crippen LogP contribution in [0.4, 0.5) is 14.3 Å². The van der Waals surface area contributed by atoms with Crippen LogP contribution in [-0.2, 0) is 4.74 Å². The highest BCUT2D eigenvalue weighted by Gasteiger charge is 2.23. The maximum Gasteiger partial charge on any atom is 0.413 e. The van der Waals surface area contributed by atoms with Crippen LogP contribution in [0.15, 0.2) is 28.9 Å². The van der Waals surface area contributed by atoms with E-state index in [1.165, 1.54) is 18.2 Å². The van der Waals surface area contributed by atoms with E-state index in [4.69, 9.17) is 4.74 Å². The predicted octanol–water partition coefficient (Wildman–Crippen LogP) is 4.86. The number of aromatic nitrogens is 1. The van der Waals surface area contributed by atoms with Gasteiger partial charge < -0.3 is 9.84 Å². The van der Waals surface area contributed by atoms with Crippen molar-refractivity contribution in [2.75, 3.05) is 5.32 Å². The van der Waals surface area contributed by atoms with Gasteiger partial charge in [0.2, 0.25) is 0 Å². The van der Waals surface area contributed by atoms with E-state index in [1.807, 2.05) is 20.8 Å². The Bertz CT molecular complexity index is 736. The highest BCUT2D eigenvalue weighted by Crippen LogP contribution is 2.36. The zero-order valence-electron chi connectivity index (χ0n) is 13.5. The lowest BCUT2D eigenvalue weighted by atomic mass is 10.1. The zero-order valence-corrected chi connectivity index (χ0v) is 15.9. The minimum atomic E-state index is -1.05. The molecule has 0 radical (unpaired) electrons. The smallest absolute Gasteiger partial charge is 0.413 e. The third kappa shape index (κ3) is 4.75. The Labute approximate surface area is 152 Å². The van der Waals surface area contributed by atoms with Crippen molar-refractivity contribution >= 4 is 38.5 Å². The number of nitrogens with zero attached hydrogens (tertiary/aromatic N) is 1. The van der Waals surface area contributed by atoms with Gasteiger partial charge >= 0.3 is 6.09 Å². The number of aliphatic hydroxyl groups is 1. The molecular weight excluding hydrogens is 399 g/mol. The fourth-order valence-corrected chi connectivity index (χ4v) is 3.41. The van der Waals surface area contributed by atoms with E-state index in [0.717, 1.165) is 11.3 Å². The molecule has 0 bridgehead atoms. The number of halogens is 2. The second-order valence-corrected chi connectivity index (χ2v) is 7.54. The third-order valence-corrected chi connectivity index (χ3v) is 5.34. The first kappa shape index (κ1) is 18.8. The number of benzene rings is 1. The Balaban J connectivity index is 2.14. The summed E-state index contributed by atoms with van der Waals surface area (Å²) in [6, 6.07) is 5.69. The van der Waals surface area contributed by atoms with Crippen LogP contribution in [0.3, 0.4) is 0 Å². The van der Waals surface area contributed by atoms with E-state index in [9.17, 15) is 14.3 Å². The normalized spacial score (nSPS) is 12.8. The lowest BCUT2D eigenvalue weighted by Gasteiger charge is -2.22. The average molecular weight is 417 g/mol. The second-order valence-electron chi connectivity index (χ2n) is 5.76. The van der Waals surface area contributed by atoms with Gasteiger partial charge in [0.1, 0.15) is 22.1 Å². The van der Waals surface area contributed by atoms with Gasteiger partial charge in [-0.2, -0.15) is 0 Å². The minimum Gasteiger partial charge on any atom is -0.443 e. The predicted molar refractivity (Wildman–Crippen MR) is 94.7 cm³/mol. The van der Waals surface area contributed by atoms with E-state index in [1.54, 1.807) is 6.07 Å². The molecule has 0 aliphatic rings. The number of hydrogen-bond acceptors (Lipinski definition) is 5. The summed E-state index contributed by atoms with van der Waals surface area (Å²) in [5.74, 6) is -0.434. The molecule has 2 rings (SSSR count). The first-order chi connectivity index (χ1) is 11.2. The molecule has 8 heteroatoms. The van der Waals surface area contributed by atoms with Crippen LogP contribution >= 0.6 is 27.3 Å². The minimum absolute atomic E-state index is 0.282. The summed E-state index contributed by atoms with van der Waals surface area (Å²) in [5, 5.41) is 13.2. The molecular formula is C16H18BrFN2O3S. The molecule has 1 atom stereocenters. The molecule has 0 aliphatic carbocycles. The number of amides is 1. The number of aliphatic hydroxyl groups excluding tert-OH is 1. The van der Waals surface area contributed by atoms with Gasteiger partial charge in [-0.05, 0) is 53.9 Å². The lowest BCUT2D eigenvalue weighted by Crippen LogP contribution is -2.29. The Morgan fingerprint density at radius 1 is 1.54 bits per heavy atom. The van der Waals surface area contributed by atoms with Gasteiger partial charge in [0.25, 0.3) is 0 Å². The van der Waals surface area contributed by atoms with Gasteiger partial charge in [-0.1, -0.05) is 30.4 Å². The molecule has 1 aromatic heterocycles. The van der Waals surface area contributed by atoms with Gasteiger partial charge in [-0.3, -0.25) is 5.32 Å². The SMILES string of the molecule is CCC(C)(C)OC(=O)Nc1nc(Br)c(C(O)c2cccc(F)c2)s1. The Morgan fingerprint density at radius 3 is 2.88 bits per heavy atom. The fraction of sp³-hybridized carbons (Fsp3) is 0.375. The van der Waals surface area contributed by atoms with Crippen LogP contribution < -0.4 is 5.32 Å². The van der Waals surface area contributed by atoms with Crippen molar-refractivity contribution in [3.63, 3.8) is 0 Å². The molecule has 0 aliphatic heterocycles. The van der Waals surface area contributed by atoms with Gasteiger partial charge in [0.15, 0.2) is 5.13 Å². The van der Waals surface area contributed by atoms with E-state index in [0.29, 0.717) is 21.5 Å². The lowest BCUT2D eigenvalue weighted by molar-refractivity contribution is 0.0462. The molecule has 0 saturated heterocycles.